The molecule has 0 aliphatic carbocycles. The first kappa shape index (κ1) is 30.8. The Morgan fingerprint density at radius 2 is 1.82 bits per heavy atom. The summed E-state index contributed by atoms with van der Waals surface area (Å²) in [6, 6.07) is 11.5. The number of fused-ring (bicyclic) bond motifs is 1. The number of carbonyl (C=O) groups excluding carboxylic acids is 2. The smallest absolute Gasteiger partial charge is 0.407 e. The van der Waals surface area contributed by atoms with Crippen molar-refractivity contribution >= 4 is 33.0 Å². The fourth-order valence-electron chi connectivity index (χ4n) is 4.19. The highest BCUT2D eigenvalue weighted by atomic mass is 32.2. The second-order valence-corrected chi connectivity index (χ2v) is 12.5. The van der Waals surface area contributed by atoms with Crippen LogP contribution in [0.15, 0.2) is 59.3 Å². The molecule has 0 aliphatic rings. The third-order valence-electron chi connectivity index (χ3n) is 6.01. The highest BCUT2D eigenvalue weighted by Gasteiger charge is 2.22. The highest BCUT2D eigenvalue weighted by Crippen LogP contribution is 2.37. The highest BCUT2D eigenvalue weighted by molar-refractivity contribution is 7.89. The number of benzene rings is 2. The third-order valence-corrected chi connectivity index (χ3v) is 7.82. The number of alkyl carbamates (subject to hydrolysis) is 1. The second kappa shape index (κ2) is 12.2. The SMILES string of the molecule is CCOC(=O)c1ccc2c(c1)c(-c1cccc(S(=O)(=O)N(C)C)c1)c(C)n2C/C(F)=C/CNC(=O)OC(C)(C)C. The number of sulfonamides is 1. The number of ether oxygens (including phenoxy) is 2. The summed E-state index contributed by atoms with van der Waals surface area (Å²) in [5, 5.41) is 3.14. The molecule has 1 amide bonds. The van der Waals surface area contributed by atoms with E-state index in [0.717, 1.165) is 4.31 Å². The van der Waals surface area contributed by atoms with Crippen molar-refractivity contribution in [3.05, 3.63) is 65.6 Å². The molecule has 40 heavy (non-hydrogen) atoms. The number of hydrogen-bond donors (Lipinski definition) is 1. The van der Waals surface area contributed by atoms with Crippen molar-refractivity contribution in [3.63, 3.8) is 0 Å². The molecule has 216 valence electrons. The Morgan fingerprint density at radius 3 is 2.45 bits per heavy atom. The first-order chi connectivity index (χ1) is 18.7. The van der Waals surface area contributed by atoms with Gasteiger partial charge in [0.05, 0.1) is 23.6 Å². The zero-order valence-corrected chi connectivity index (χ0v) is 24.7. The summed E-state index contributed by atoms with van der Waals surface area (Å²) in [6.45, 7) is 8.72. The predicted octanol–water partition coefficient (Wildman–Crippen LogP) is 5.42. The molecule has 0 unspecified atom stereocenters. The Labute approximate surface area is 234 Å². The van der Waals surface area contributed by atoms with Crippen LogP contribution < -0.4 is 5.32 Å². The van der Waals surface area contributed by atoms with E-state index >= 15 is 4.39 Å². The molecule has 0 bridgehead atoms. The van der Waals surface area contributed by atoms with Crippen LogP contribution in [0.4, 0.5) is 9.18 Å². The fourth-order valence-corrected chi connectivity index (χ4v) is 5.14. The van der Waals surface area contributed by atoms with Gasteiger partial charge in [-0.25, -0.2) is 26.7 Å². The third kappa shape index (κ3) is 7.08. The van der Waals surface area contributed by atoms with E-state index < -0.39 is 33.5 Å². The van der Waals surface area contributed by atoms with Crippen molar-refractivity contribution in [2.75, 3.05) is 27.2 Å². The standard InChI is InChI=1S/C29H36FN3O6S/c1-8-38-27(34)21-12-13-25-24(17-21)26(20-10-9-11-23(16-20)40(36,37)32(6)7)19(2)33(25)18-22(30)14-15-31-28(35)39-29(3,4)5/h9-14,16-17H,8,15,18H2,1-7H3,(H,31,35)/b22-14-. The number of rotatable bonds is 9. The molecule has 0 fully saturated rings. The molecular weight excluding hydrogens is 537 g/mol. The van der Waals surface area contributed by atoms with Crippen molar-refractivity contribution in [2.24, 2.45) is 0 Å². The number of amides is 1. The largest absolute Gasteiger partial charge is 0.462 e. The molecule has 3 rings (SSSR count). The van der Waals surface area contributed by atoms with Crippen LogP contribution in [0, 0.1) is 6.92 Å². The minimum absolute atomic E-state index is 0.0662. The number of carbonyl (C=O) groups is 2. The summed E-state index contributed by atoms with van der Waals surface area (Å²) in [5.41, 5.74) is 2.22. The predicted molar refractivity (Wildman–Crippen MR) is 152 cm³/mol. The molecule has 2 aromatic carbocycles. The molecule has 0 saturated heterocycles. The van der Waals surface area contributed by atoms with Gasteiger partial charge in [0.1, 0.15) is 11.4 Å². The monoisotopic (exact) mass is 573 g/mol. The molecule has 11 heteroatoms. The molecule has 9 nitrogen and oxygen atoms in total. The van der Waals surface area contributed by atoms with Crippen LogP contribution >= 0.6 is 0 Å². The molecule has 0 spiro atoms. The number of esters is 1. The number of nitrogens with zero attached hydrogens (tertiary/aromatic N) is 2. The molecule has 1 heterocycles. The average molecular weight is 574 g/mol. The van der Waals surface area contributed by atoms with Gasteiger partial charge in [-0.1, -0.05) is 12.1 Å². The zero-order chi connectivity index (χ0) is 29.8. The van der Waals surface area contributed by atoms with E-state index in [9.17, 15) is 18.0 Å². The number of aromatic nitrogens is 1. The Bertz CT molecular complexity index is 1550. The maximum atomic E-state index is 15.1. The number of allylic oxidation sites excluding steroid dienone is 1. The number of nitrogens with one attached hydrogen (secondary N) is 1. The van der Waals surface area contributed by atoms with E-state index in [1.54, 1.807) is 75.6 Å². The topological polar surface area (TPSA) is 107 Å². The minimum Gasteiger partial charge on any atom is -0.462 e. The van der Waals surface area contributed by atoms with Gasteiger partial charge < -0.3 is 19.4 Å². The van der Waals surface area contributed by atoms with Crippen LogP contribution in [0.2, 0.25) is 0 Å². The van der Waals surface area contributed by atoms with Crippen LogP contribution in [0.5, 0.6) is 0 Å². The van der Waals surface area contributed by atoms with Gasteiger partial charge in [-0.3, -0.25) is 0 Å². The van der Waals surface area contributed by atoms with E-state index in [4.69, 9.17) is 9.47 Å². The van der Waals surface area contributed by atoms with Crippen molar-refractivity contribution in [2.45, 2.75) is 51.7 Å². The maximum Gasteiger partial charge on any atom is 0.407 e. The summed E-state index contributed by atoms with van der Waals surface area (Å²) in [6.07, 6.45) is 0.604. The van der Waals surface area contributed by atoms with E-state index in [2.05, 4.69) is 5.32 Å². The lowest BCUT2D eigenvalue weighted by atomic mass is 10.0. The fraction of sp³-hybridized carbons (Fsp3) is 0.379. The van der Waals surface area contributed by atoms with Crippen LogP contribution in [0.25, 0.3) is 22.0 Å². The Kier molecular flexibility index (Phi) is 9.42. The van der Waals surface area contributed by atoms with E-state index in [1.807, 2.05) is 0 Å². The number of halogens is 1. The first-order valence-electron chi connectivity index (χ1n) is 12.8. The van der Waals surface area contributed by atoms with E-state index in [-0.39, 0.29) is 24.6 Å². The average Bonchev–Trinajstić information content (AvgIpc) is 3.13. The van der Waals surface area contributed by atoms with Gasteiger partial charge in [-0.2, -0.15) is 0 Å². The Balaban J connectivity index is 2.08. The maximum absolute atomic E-state index is 15.1. The molecule has 0 aliphatic heterocycles. The number of hydrogen-bond acceptors (Lipinski definition) is 6. The van der Waals surface area contributed by atoms with Crippen molar-refractivity contribution in [1.29, 1.82) is 0 Å². The van der Waals surface area contributed by atoms with Gasteiger partial charge in [0.15, 0.2) is 0 Å². The van der Waals surface area contributed by atoms with Gasteiger partial charge in [0.2, 0.25) is 10.0 Å². The van der Waals surface area contributed by atoms with Crippen LogP contribution in [0.3, 0.4) is 0 Å². The lowest BCUT2D eigenvalue weighted by molar-refractivity contribution is 0.0519. The first-order valence-corrected chi connectivity index (χ1v) is 14.2. The molecule has 0 atom stereocenters. The van der Waals surface area contributed by atoms with Gasteiger partial charge in [0.25, 0.3) is 0 Å². The zero-order valence-electron chi connectivity index (χ0n) is 23.9. The van der Waals surface area contributed by atoms with Gasteiger partial charge in [0, 0.05) is 42.8 Å². The summed E-state index contributed by atoms with van der Waals surface area (Å²) < 4.78 is 53.9. The molecule has 0 radical (unpaired) electrons. The molecule has 0 saturated carbocycles. The quantitative estimate of drug-likeness (QED) is 0.343. The Hall–Kier alpha value is -3.70. The minimum atomic E-state index is -3.71. The van der Waals surface area contributed by atoms with E-state index in [1.165, 1.54) is 26.2 Å². The molecule has 1 aromatic heterocycles. The summed E-state index contributed by atoms with van der Waals surface area (Å²) >= 11 is 0. The molecule has 1 N–H and O–H groups in total. The van der Waals surface area contributed by atoms with Gasteiger partial charge in [-0.15, -0.1) is 0 Å². The van der Waals surface area contributed by atoms with Crippen LogP contribution in [-0.2, 0) is 26.0 Å². The van der Waals surface area contributed by atoms with Gasteiger partial charge >= 0.3 is 12.1 Å². The van der Waals surface area contributed by atoms with Crippen molar-refractivity contribution in [3.8, 4) is 11.1 Å². The second-order valence-electron chi connectivity index (χ2n) is 10.3. The Morgan fingerprint density at radius 1 is 1.12 bits per heavy atom. The normalized spacial score (nSPS) is 12.6. The summed E-state index contributed by atoms with van der Waals surface area (Å²) in [5.74, 6) is -0.995. The molecule has 3 aromatic rings. The van der Waals surface area contributed by atoms with Crippen LogP contribution in [-0.4, -0.2) is 62.2 Å². The lowest BCUT2D eigenvalue weighted by Crippen LogP contribution is -2.32. The van der Waals surface area contributed by atoms with Crippen LogP contribution in [0.1, 0.15) is 43.7 Å². The molecular formula is C29H36FN3O6S. The van der Waals surface area contributed by atoms with E-state index in [0.29, 0.717) is 33.3 Å². The van der Waals surface area contributed by atoms with Crippen molar-refractivity contribution < 1.29 is 31.9 Å². The summed E-state index contributed by atoms with van der Waals surface area (Å²) in [7, 11) is -0.793. The van der Waals surface area contributed by atoms with Gasteiger partial charge in [-0.05, 0) is 76.6 Å². The summed E-state index contributed by atoms with van der Waals surface area (Å²) in [4.78, 5) is 24.5. The van der Waals surface area contributed by atoms with Crippen molar-refractivity contribution in [1.82, 2.24) is 14.2 Å². The lowest BCUT2D eigenvalue weighted by Gasteiger charge is -2.19.